The van der Waals surface area contributed by atoms with Gasteiger partial charge in [0.25, 0.3) is 0 Å². The highest BCUT2D eigenvalue weighted by molar-refractivity contribution is 5.68. The van der Waals surface area contributed by atoms with Gasteiger partial charge in [-0.1, -0.05) is 157 Å². The van der Waals surface area contributed by atoms with Crippen molar-refractivity contribution in [1.82, 2.24) is 10.2 Å². The van der Waals surface area contributed by atoms with Crippen molar-refractivity contribution in [2.24, 2.45) is 0 Å². The van der Waals surface area contributed by atoms with Gasteiger partial charge in [0.15, 0.2) is 6.29 Å². The number of hydrogen-bond donors (Lipinski definition) is 2. The first-order valence-corrected chi connectivity index (χ1v) is 20.0. The lowest BCUT2D eigenvalue weighted by Crippen LogP contribution is -2.40. The zero-order valence-corrected chi connectivity index (χ0v) is 31.9. The number of alkyl carbamates (subject to hydrolysis) is 1. The van der Waals surface area contributed by atoms with Gasteiger partial charge in [0, 0.05) is 25.1 Å². The minimum atomic E-state index is -0.489. The van der Waals surface area contributed by atoms with E-state index in [2.05, 4.69) is 79.2 Å². The highest BCUT2D eigenvalue weighted by atomic mass is 16.7. The van der Waals surface area contributed by atoms with E-state index in [0.29, 0.717) is 6.54 Å². The number of hydrogen-bond acceptors (Lipinski definition) is 6. The van der Waals surface area contributed by atoms with Gasteiger partial charge in [-0.05, 0) is 59.8 Å². The van der Waals surface area contributed by atoms with E-state index < -0.39 is 12.4 Å². The summed E-state index contributed by atoms with van der Waals surface area (Å²) in [6.07, 6.45) is 16.9. The number of aliphatic hydroxyl groups is 1. The number of nitrogens with one attached hydrogen (secondary N) is 1. The molecule has 7 nitrogen and oxygen atoms in total. The van der Waals surface area contributed by atoms with E-state index in [-0.39, 0.29) is 25.4 Å². The van der Waals surface area contributed by atoms with Gasteiger partial charge in [-0.25, -0.2) is 4.79 Å². The van der Waals surface area contributed by atoms with Crippen LogP contribution in [0.4, 0.5) is 4.79 Å². The number of nitrogens with zero attached hydrogens (tertiary/aromatic N) is 1. The lowest BCUT2D eigenvalue weighted by Gasteiger charge is -2.38. The zero-order chi connectivity index (χ0) is 36.8. The average Bonchev–Trinajstić information content (AvgIpc) is 3.18. The van der Waals surface area contributed by atoms with Crippen LogP contribution < -0.4 is 5.32 Å². The molecular formula is C45H64N2O5. The molecule has 0 saturated carbocycles. The van der Waals surface area contributed by atoms with E-state index >= 15 is 0 Å². The fourth-order valence-electron chi connectivity index (χ4n) is 6.90. The van der Waals surface area contributed by atoms with Gasteiger partial charge in [0.1, 0.15) is 6.61 Å². The summed E-state index contributed by atoms with van der Waals surface area (Å²) in [7, 11) is 0. The van der Waals surface area contributed by atoms with E-state index in [1.54, 1.807) is 6.08 Å². The van der Waals surface area contributed by atoms with Gasteiger partial charge in [-0.3, -0.25) is 0 Å². The molecule has 7 heteroatoms. The molecule has 1 fully saturated rings. The molecule has 3 atom stereocenters. The first kappa shape index (κ1) is 41.3. The van der Waals surface area contributed by atoms with Crippen molar-refractivity contribution in [1.29, 1.82) is 0 Å². The maximum Gasteiger partial charge on any atom is 0.407 e. The molecule has 1 amide bonds. The smallest absolute Gasteiger partial charge is 0.407 e. The molecule has 1 heterocycles. The molecule has 0 aromatic heterocycles. The second kappa shape index (κ2) is 23.9. The molecule has 0 bridgehead atoms. The normalized spacial score (nSPS) is 17.3. The van der Waals surface area contributed by atoms with Crippen molar-refractivity contribution in [2.75, 3.05) is 26.2 Å². The number of carbonyl (C=O) groups is 1. The monoisotopic (exact) mass is 712 g/mol. The summed E-state index contributed by atoms with van der Waals surface area (Å²) in [5.41, 5.74) is 6.13. The summed E-state index contributed by atoms with van der Waals surface area (Å²) in [6.45, 7) is 11.8. The Hall–Kier alpha value is -3.49. The molecule has 2 N–H and O–H groups in total. The average molecular weight is 713 g/mol. The van der Waals surface area contributed by atoms with E-state index in [0.717, 1.165) is 59.4 Å². The van der Waals surface area contributed by atoms with Crippen molar-refractivity contribution in [2.45, 2.75) is 129 Å². The molecule has 52 heavy (non-hydrogen) atoms. The summed E-state index contributed by atoms with van der Waals surface area (Å²) in [6, 6.07) is 24.8. The Morgan fingerprint density at radius 3 is 2.08 bits per heavy atom. The summed E-state index contributed by atoms with van der Waals surface area (Å²) in [5.74, 6) is 0. The number of amides is 1. The molecule has 4 rings (SSSR count). The zero-order valence-electron chi connectivity index (χ0n) is 31.9. The van der Waals surface area contributed by atoms with Crippen LogP contribution in [0.3, 0.4) is 0 Å². The molecule has 3 aromatic rings. The molecule has 1 saturated heterocycles. The van der Waals surface area contributed by atoms with Crippen LogP contribution in [0.2, 0.25) is 0 Å². The van der Waals surface area contributed by atoms with E-state index in [1.165, 1.54) is 77.0 Å². The van der Waals surface area contributed by atoms with Crippen LogP contribution in [0.25, 0.3) is 11.1 Å². The highest BCUT2D eigenvalue weighted by Crippen LogP contribution is 2.39. The summed E-state index contributed by atoms with van der Waals surface area (Å²) >= 11 is 0. The Kier molecular flexibility index (Phi) is 19.0. The summed E-state index contributed by atoms with van der Waals surface area (Å²) in [4.78, 5) is 14.6. The third kappa shape index (κ3) is 14.5. The van der Waals surface area contributed by atoms with Crippen LogP contribution >= 0.6 is 0 Å². The van der Waals surface area contributed by atoms with Crippen LogP contribution in [0.1, 0.15) is 132 Å². The number of carbonyl (C=O) groups excluding carboxylic acids is 1. The molecule has 3 aromatic carbocycles. The third-order valence-electron chi connectivity index (χ3n) is 9.94. The van der Waals surface area contributed by atoms with Crippen molar-refractivity contribution in [3.05, 3.63) is 108 Å². The number of ether oxygens (including phenoxy) is 3. The second-order valence-corrected chi connectivity index (χ2v) is 14.2. The Balaban J connectivity index is 1.46. The number of benzene rings is 3. The largest absolute Gasteiger partial charge is 0.445 e. The molecule has 3 unspecified atom stereocenters. The van der Waals surface area contributed by atoms with Crippen molar-refractivity contribution < 1.29 is 24.1 Å². The van der Waals surface area contributed by atoms with Gasteiger partial charge in [-0.15, -0.1) is 0 Å². The van der Waals surface area contributed by atoms with Crippen LogP contribution in [-0.4, -0.2) is 48.4 Å². The third-order valence-corrected chi connectivity index (χ3v) is 9.94. The van der Waals surface area contributed by atoms with Crippen LogP contribution in [0, 0.1) is 0 Å². The van der Waals surface area contributed by atoms with Crippen molar-refractivity contribution in [3.63, 3.8) is 0 Å². The fraction of sp³-hybridized carbons (Fsp3) is 0.533. The second-order valence-electron chi connectivity index (χ2n) is 14.2. The van der Waals surface area contributed by atoms with E-state index in [4.69, 9.17) is 14.2 Å². The number of rotatable bonds is 24. The first-order valence-electron chi connectivity index (χ1n) is 20.0. The molecular weight excluding hydrogens is 649 g/mol. The lowest BCUT2D eigenvalue weighted by atomic mass is 9.98. The Morgan fingerprint density at radius 1 is 0.808 bits per heavy atom. The molecule has 0 radical (unpaired) electrons. The lowest BCUT2D eigenvalue weighted by molar-refractivity contribution is -0.253. The fourth-order valence-corrected chi connectivity index (χ4v) is 6.90. The standard InChI is InChI=1S/C45H64N2O5/c1-4-7-9-11-13-15-28-47(29-16-14-12-10-8-5-2)34-42-32-43(39-22-20-36(35-48)21-23-39)52-44(51-42)40-26-24-38(25-27-40)41-19-17-18-37(31-41)33-46-45(49)50-30-6-3/h6,17-27,31,42-44,48H,3-5,7-16,28-30,32-35H2,1-2H3,(H,46,49). The predicted molar refractivity (Wildman–Crippen MR) is 212 cm³/mol. The molecule has 1 aliphatic rings. The first-order chi connectivity index (χ1) is 25.5. The van der Waals surface area contributed by atoms with Crippen LogP contribution in [0.5, 0.6) is 0 Å². The summed E-state index contributed by atoms with van der Waals surface area (Å²) in [5, 5.41) is 12.4. The Morgan fingerprint density at radius 2 is 1.44 bits per heavy atom. The predicted octanol–water partition coefficient (Wildman–Crippen LogP) is 10.8. The van der Waals surface area contributed by atoms with Gasteiger partial charge < -0.3 is 29.5 Å². The van der Waals surface area contributed by atoms with Crippen LogP contribution in [0.15, 0.2) is 85.5 Å². The van der Waals surface area contributed by atoms with Gasteiger partial charge in [-0.2, -0.15) is 0 Å². The number of unbranched alkanes of at least 4 members (excludes halogenated alkanes) is 10. The van der Waals surface area contributed by atoms with Crippen molar-refractivity contribution >= 4 is 6.09 Å². The molecule has 0 aliphatic carbocycles. The summed E-state index contributed by atoms with van der Waals surface area (Å²) < 4.78 is 18.5. The minimum absolute atomic E-state index is 0.0278. The van der Waals surface area contributed by atoms with E-state index in [9.17, 15) is 9.90 Å². The maximum atomic E-state index is 11.9. The SMILES string of the molecule is C=CCOC(=O)NCc1cccc(-c2ccc(C3OC(CN(CCCCCCCC)CCCCCCCC)CC(c4ccc(CO)cc4)O3)cc2)c1. The van der Waals surface area contributed by atoms with Gasteiger partial charge >= 0.3 is 6.09 Å². The maximum absolute atomic E-state index is 11.9. The number of aliphatic hydroxyl groups excluding tert-OH is 1. The topological polar surface area (TPSA) is 80.3 Å². The van der Waals surface area contributed by atoms with Crippen molar-refractivity contribution in [3.8, 4) is 11.1 Å². The Labute approximate surface area is 313 Å². The quantitative estimate of drug-likeness (QED) is 0.0711. The van der Waals surface area contributed by atoms with E-state index in [1.807, 2.05) is 24.3 Å². The Bertz CT molecular complexity index is 1410. The molecule has 0 spiro atoms. The molecule has 284 valence electrons. The van der Waals surface area contributed by atoms with Crippen LogP contribution in [-0.2, 0) is 27.4 Å². The highest BCUT2D eigenvalue weighted by Gasteiger charge is 2.33. The molecule has 1 aliphatic heterocycles. The van der Waals surface area contributed by atoms with Gasteiger partial charge in [0.05, 0.1) is 18.8 Å². The van der Waals surface area contributed by atoms with Gasteiger partial charge in [0.2, 0.25) is 0 Å². The minimum Gasteiger partial charge on any atom is -0.445 e.